The molecule has 1 heterocycles. The first kappa shape index (κ1) is 16.3. The van der Waals surface area contributed by atoms with E-state index in [4.69, 9.17) is 0 Å². The van der Waals surface area contributed by atoms with E-state index >= 15 is 0 Å². The van der Waals surface area contributed by atoms with E-state index in [1.165, 1.54) is 25.7 Å². The van der Waals surface area contributed by atoms with Gasteiger partial charge >= 0.3 is 0 Å². The lowest BCUT2D eigenvalue weighted by Crippen LogP contribution is -2.44. The Bertz CT molecular complexity index is 730. The summed E-state index contributed by atoms with van der Waals surface area (Å²) in [7, 11) is -3.50. The van der Waals surface area contributed by atoms with Crippen molar-refractivity contribution < 1.29 is 8.42 Å². The highest BCUT2D eigenvalue weighted by Crippen LogP contribution is 2.61. The van der Waals surface area contributed by atoms with Gasteiger partial charge in [-0.05, 0) is 55.6 Å². The zero-order chi connectivity index (χ0) is 16.8. The average Bonchev–Trinajstić information content (AvgIpc) is 2.88. The van der Waals surface area contributed by atoms with E-state index in [9.17, 15) is 8.42 Å². The first-order valence-electron chi connectivity index (χ1n) is 8.94. The van der Waals surface area contributed by atoms with Gasteiger partial charge in [-0.25, -0.2) is 13.4 Å². The fourth-order valence-electron chi connectivity index (χ4n) is 5.13. The van der Waals surface area contributed by atoms with Crippen LogP contribution in [0.5, 0.6) is 0 Å². The number of hydrogen-bond acceptors (Lipinski definition) is 3. The lowest BCUT2D eigenvalue weighted by molar-refractivity contribution is 0.0342. The Balaban J connectivity index is 1.57. The van der Waals surface area contributed by atoms with Gasteiger partial charge in [0.15, 0.2) is 0 Å². The molecule has 1 aliphatic heterocycles. The number of hydrazine groups is 1. The minimum absolute atomic E-state index is 0.260. The number of aryl methyl sites for hydroxylation is 1. The van der Waals surface area contributed by atoms with Crippen LogP contribution in [0.3, 0.4) is 0 Å². The van der Waals surface area contributed by atoms with Crippen LogP contribution in [0.15, 0.2) is 41.3 Å². The number of allylic oxidation sites excluding steroid dienone is 2. The van der Waals surface area contributed by atoms with Crippen molar-refractivity contribution in [2.24, 2.45) is 10.8 Å². The van der Waals surface area contributed by atoms with E-state index in [0.717, 1.165) is 31.5 Å². The van der Waals surface area contributed by atoms with Gasteiger partial charge in [0, 0.05) is 13.1 Å². The normalized spacial score (nSPS) is 33.2. The molecular weight excluding hydrogens is 320 g/mol. The molecule has 0 bridgehead atoms. The maximum atomic E-state index is 12.7. The van der Waals surface area contributed by atoms with Crippen LogP contribution in [0.4, 0.5) is 0 Å². The molecule has 2 fully saturated rings. The third kappa shape index (κ3) is 2.54. The molecule has 24 heavy (non-hydrogen) atoms. The molecule has 2 atom stereocenters. The molecular formula is C19H26N2O2S. The van der Waals surface area contributed by atoms with Crippen molar-refractivity contribution in [1.82, 2.24) is 9.84 Å². The highest BCUT2D eigenvalue weighted by atomic mass is 32.2. The summed E-state index contributed by atoms with van der Waals surface area (Å²) in [6.07, 6.45) is 11.8. The number of rotatable bonds is 3. The summed E-state index contributed by atoms with van der Waals surface area (Å²) in [5.74, 6) is 0. The first-order valence-corrected chi connectivity index (χ1v) is 10.4. The Morgan fingerprint density at radius 3 is 2.04 bits per heavy atom. The molecule has 1 aromatic carbocycles. The van der Waals surface area contributed by atoms with Gasteiger partial charge in [-0.3, -0.25) is 0 Å². The Hall–Kier alpha value is -1.17. The molecule has 2 aliphatic carbocycles. The summed E-state index contributed by atoms with van der Waals surface area (Å²) in [4.78, 5) is 3.22. The molecule has 130 valence electrons. The van der Waals surface area contributed by atoms with Gasteiger partial charge in [0.05, 0.1) is 4.90 Å². The lowest BCUT2D eigenvalue weighted by Gasteiger charge is -2.50. The summed E-state index contributed by atoms with van der Waals surface area (Å²) < 4.78 is 25.5. The maximum Gasteiger partial charge on any atom is 0.253 e. The highest BCUT2D eigenvalue weighted by Gasteiger charge is 2.58. The van der Waals surface area contributed by atoms with Crippen molar-refractivity contribution in [3.63, 3.8) is 0 Å². The summed E-state index contributed by atoms with van der Waals surface area (Å²) in [6, 6.07) is 7.07. The molecule has 5 heteroatoms. The van der Waals surface area contributed by atoms with Crippen molar-refractivity contribution >= 4 is 10.0 Å². The summed E-state index contributed by atoms with van der Waals surface area (Å²) in [5, 5.41) is 1.98. The van der Waals surface area contributed by atoms with Gasteiger partial charge in [-0.2, -0.15) is 0 Å². The van der Waals surface area contributed by atoms with Gasteiger partial charge in [0.2, 0.25) is 0 Å². The van der Waals surface area contributed by atoms with Gasteiger partial charge in [0.25, 0.3) is 10.0 Å². The zero-order valence-electron chi connectivity index (χ0n) is 14.3. The molecule has 0 spiro atoms. The highest BCUT2D eigenvalue weighted by molar-refractivity contribution is 7.89. The van der Waals surface area contributed by atoms with Crippen LogP contribution in [-0.2, 0) is 10.0 Å². The second-order valence-corrected chi connectivity index (χ2v) is 9.57. The van der Waals surface area contributed by atoms with Gasteiger partial charge in [-0.1, -0.05) is 42.7 Å². The molecule has 0 radical (unpaired) electrons. The van der Waals surface area contributed by atoms with Crippen molar-refractivity contribution in [3.8, 4) is 0 Å². The molecule has 0 aromatic heterocycles. The Morgan fingerprint density at radius 2 is 1.50 bits per heavy atom. The number of nitrogens with one attached hydrogen (secondary N) is 1. The topological polar surface area (TPSA) is 49.4 Å². The fourth-order valence-corrected chi connectivity index (χ4v) is 6.19. The van der Waals surface area contributed by atoms with Crippen LogP contribution in [0.25, 0.3) is 0 Å². The lowest BCUT2D eigenvalue weighted by atomic mass is 9.53. The van der Waals surface area contributed by atoms with Crippen LogP contribution in [-0.4, -0.2) is 26.5 Å². The van der Waals surface area contributed by atoms with E-state index in [1.54, 1.807) is 12.1 Å². The minimum atomic E-state index is -3.50. The van der Waals surface area contributed by atoms with E-state index < -0.39 is 10.0 Å². The maximum absolute atomic E-state index is 12.7. The Morgan fingerprint density at radius 1 is 0.958 bits per heavy atom. The van der Waals surface area contributed by atoms with Crippen molar-refractivity contribution in [2.45, 2.75) is 50.3 Å². The van der Waals surface area contributed by atoms with Crippen molar-refractivity contribution in [3.05, 3.63) is 42.0 Å². The van der Waals surface area contributed by atoms with Crippen molar-refractivity contribution in [1.29, 1.82) is 0 Å². The van der Waals surface area contributed by atoms with Gasteiger partial charge < -0.3 is 0 Å². The van der Waals surface area contributed by atoms with Crippen LogP contribution in [0.2, 0.25) is 0 Å². The average molecular weight is 346 g/mol. The van der Waals surface area contributed by atoms with Gasteiger partial charge in [0.1, 0.15) is 0 Å². The Labute approximate surface area is 145 Å². The van der Waals surface area contributed by atoms with E-state index in [1.807, 2.05) is 24.1 Å². The largest absolute Gasteiger partial charge is 0.253 e. The van der Waals surface area contributed by atoms with Crippen LogP contribution >= 0.6 is 0 Å². The number of sulfonamides is 1. The quantitative estimate of drug-likeness (QED) is 0.854. The standard InChI is InChI=1S/C19H26N2O2S/c1-16-6-8-17(9-7-16)24(22,23)20-21-14-18-10-2-3-11-19(18,15-21)13-5-4-12-18/h2-3,6-9,20H,4-5,10-15H2,1H3/t18-,19+. The predicted octanol–water partition coefficient (Wildman–Crippen LogP) is 3.40. The SMILES string of the molecule is Cc1ccc(S(=O)(=O)NN2C[C@@]34CC=CC[C@@]3(CCCC4)C2)cc1. The van der Waals surface area contributed by atoms with E-state index in [-0.39, 0.29) is 10.8 Å². The summed E-state index contributed by atoms with van der Waals surface area (Å²) in [6.45, 7) is 3.63. The summed E-state index contributed by atoms with van der Waals surface area (Å²) in [5.41, 5.74) is 1.59. The third-order valence-corrected chi connectivity index (χ3v) is 7.83. The Kier molecular flexibility index (Phi) is 3.86. The number of hydrogen-bond donors (Lipinski definition) is 1. The monoisotopic (exact) mass is 346 g/mol. The predicted molar refractivity (Wildman–Crippen MR) is 94.8 cm³/mol. The van der Waals surface area contributed by atoms with Gasteiger partial charge in [-0.15, -0.1) is 4.83 Å². The first-order chi connectivity index (χ1) is 11.4. The molecule has 1 saturated heterocycles. The zero-order valence-corrected chi connectivity index (χ0v) is 15.1. The van der Waals surface area contributed by atoms with E-state index in [2.05, 4.69) is 17.0 Å². The van der Waals surface area contributed by atoms with Crippen molar-refractivity contribution in [2.75, 3.05) is 13.1 Å². The molecule has 1 saturated carbocycles. The molecule has 3 aliphatic rings. The molecule has 0 unspecified atom stereocenters. The molecule has 1 aromatic rings. The molecule has 4 rings (SSSR count). The summed E-state index contributed by atoms with van der Waals surface area (Å²) >= 11 is 0. The second kappa shape index (κ2) is 5.68. The third-order valence-electron chi connectivity index (χ3n) is 6.44. The fraction of sp³-hybridized carbons (Fsp3) is 0.579. The van der Waals surface area contributed by atoms with Crippen LogP contribution in [0, 0.1) is 17.8 Å². The smallest absolute Gasteiger partial charge is 0.229 e. The number of nitrogens with zero attached hydrogens (tertiary/aromatic N) is 1. The number of benzene rings is 1. The van der Waals surface area contributed by atoms with E-state index in [0.29, 0.717) is 4.90 Å². The molecule has 0 amide bonds. The van der Waals surface area contributed by atoms with Crippen LogP contribution in [0.1, 0.15) is 44.1 Å². The second-order valence-electron chi connectivity index (χ2n) is 7.91. The molecule has 4 nitrogen and oxygen atoms in total. The molecule has 1 N–H and O–H groups in total. The minimum Gasteiger partial charge on any atom is -0.229 e. The van der Waals surface area contributed by atoms with Crippen LogP contribution < -0.4 is 4.83 Å².